The van der Waals surface area contributed by atoms with Crippen LogP contribution in [0, 0.1) is 11.3 Å². The Bertz CT molecular complexity index is 1160. The number of aryl methyl sites for hydroxylation is 1. The van der Waals surface area contributed by atoms with E-state index in [1.54, 1.807) is 12.1 Å². The van der Waals surface area contributed by atoms with Crippen molar-refractivity contribution in [1.82, 2.24) is 9.47 Å². The maximum atomic E-state index is 13.5. The first-order chi connectivity index (χ1) is 15.6. The lowest BCUT2D eigenvalue weighted by atomic mass is 9.97. The van der Waals surface area contributed by atoms with Gasteiger partial charge in [0.05, 0.1) is 17.1 Å². The van der Waals surface area contributed by atoms with Gasteiger partial charge in [-0.25, -0.2) is 0 Å². The fraction of sp³-hybridized carbons (Fsp3) is 0.429. The fourth-order valence-electron chi connectivity index (χ4n) is 5.17. The van der Waals surface area contributed by atoms with Crippen LogP contribution in [-0.4, -0.2) is 28.1 Å². The molecule has 0 N–H and O–H groups in total. The van der Waals surface area contributed by atoms with Crippen LogP contribution >= 0.6 is 0 Å². The van der Waals surface area contributed by atoms with Gasteiger partial charge in [-0.2, -0.15) is 5.26 Å². The van der Waals surface area contributed by atoms with Crippen molar-refractivity contribution < 1.29 is 0 Å². The Hall–Kier alpha value is -2.90. The number of fused-ring (bicyclic) bond motifs is 1. The number of hydrogen-bond donors (Lipinski definition) is 0. The molecule has 166 valence electrons. The predicted octanol–water partition coefficient (Wildman–Crippen LogP) is 5.97. The number of benzene rings is 2. The van der Waals surface area contributed by atoms with Crippen LogP contribution in [0.2, 0.25) is 0 Å². The van der Waals surface area contributed by atoms with Crippen LogP contribution in [0.15, 0.2) is 59.4 Å². The van der Waals surface area contributed by atoms with Gasteiger partial charge < -0.3 is 4.57 Å². The van der Waals surface area contributed by atoms with Crippen LogP contribution in [0.3, 0.4) is 0 Å². The number of nitrogens with zero attached hydrogens (tertiary/aromatic N) is 3. The summed E-state index contributed by atoms with van der Waals surface area (Å²) in [6.07, 6.45) is 7.25. The first-order valence-corrected chi connectivity index (χ1v) is 12.0. The van der Waals surface area contributed by atoms with Crippen molar-refractivity contribution in [2.45, 2.75) is 71.0 Å². The molecule has 0 saturated carbocycles. The molecule has 2 aromatic carbocycles. The molecule has 4 rings (SSSR count). The molecule has 1 aliphatic heterocycles. The molecule has 1 saturated heterocycles. The SMILES string of the molecule is C[C@@H]1CCC[C@H](C)N1CCCCCn1c(=O)c(-c2cccc(C#N)c2)cc2ccccc21. The molecular weight excluding hydrogens is 394 g/mol. The highest BCUT2D eigenvalue weighted by molar-refractivity contribution is 5.84. The summed E-state index contributed by atoms with van der Waals surface area (Å²) in [7, 11) is 0. The molecule has 2 atom stereocenters. The predicted molar refractivity (Wildman–Crippen MR) is 132 cm³/mol. The minimum Gasteiger partial charge on any atom is -0.308 e. The zero-order chi connectivity index (χ0) is 22.5. The van der Waals surface area contributed by atoms with Crippen LogP contribution in [-0.2, 0) is 6.54 Å². The fourth-order valence-corrected chi connectivity index (χ4v) is 5.17. The topological polar surface area (TPSA) is 49.0 Å². The molecule has 0 amide bonds. The number of pyridine rings is 1. The molecular formula is C28H33N3O. The third-order valence-corrected chi connectivity index (χ3v) is 6.98. The van der Waals surface area contributed by atoms with Gasteiger partial charge in [0.25, 0.3) is 5.56 Å². The lowest BCUT2D eigenvalue weighted by molar-refractivity contribution is 0.101. The Balaban J connectivity index is 1.51. The quantitative estimate of drug-likeness (QED) is 0.436. The van der Waals surface area contributed by atoms with Gasteiger partial charge in [0.1, 0.15) is 0 Å². The van der Waals surface area contributed by atoms with Crippen LogP contribution in [0.25, 0.3) is 22.0 Å². The molecule has 1 fully saturated rings. The van der Waals surface area contributed by atoms with Crippen molar-refractivity contribution in [3.8, 4) is 17.2 Å². The summed E-state index contributed by atoms with van der Waals surface area (Å²) in [5, 5.41) is 10.3. The van der Waals surface area contributed by atoms with E-state index in [1.807, 2.05) is 41.0 Å². The smallest absolute Gasteiger partial charge is 0.258 e. The van der Waals surface area contributed by atoms with Gasteiger partial charge >= 0.3 is 0 Å². The molecule has 32 heavy (non-hydrogen) atoms. The first kappa shape index (κ1) is 22.3. The van der Waals surface area contributed by atoms with Crippen molar-refractivity contribution in [2.75, 3.05) is 6.54 Å². The van der Waals surface area contributed by atoms with Gasteiger partial charge in [-0.1, -0.05) is 43.2 Å². The summed E-state index contributed by atoms with van der Waals surface area (Å²) in [6.45, 7) is 6.58. The molecule has 4 heteroatoms. The second-order valence-electron chi connectivity index (χ2n) is 9.19. The summed E-state index contributed by atoms with van der Waals surface area (Å²) in [4.78, 5) is 16.1. The highest BCUT2D eigenvalue weighted by Crippen LogP contribution is 2.24. The molecule has 2 heterocycles. The van der Waals surface area contributed by atoms with E-state index in [1.165, 1.54) is 25.7 Å². The number of likely N-dealkylation sites (tertiary alicyclic amines) is 1. The molecule has 0 radical (unpaired) electrons. The van der Waals surface area contributed by atoms with E-state index in [0.717, 1.165) is 42.4 Å². The largest absolute Gasteiger partial charge is 0.308 e. The molecule has 0 bridgehead atoms. The van der Waals surface area contributed by atoms with E-state index >= 15 is 0 Å². The summed E-state index contributed by atoms with van der Waals surface area (Å²) in [5.74, 6) is 0. The van der Waals surface area contributed by atoms with Crippen molar-refractivity contribution >= 4 is 10.9 Å². The average molecular weight is 428 g/mol. The maximum absolute atomic E-state index is 13.5. The zero-order valence-electron chi connectivity index (χ0n) is 19.3. The van der Waals surface area contributed by atoms with E-state index < -0.39 is 0 Å². The van der Waals surface area contributed by atoms with Crippen LogP contribution in [0.5, 0.6) is 0 Å². The summed E-state index contributed by atoms with van der Waals surface area (Å²) in [5.41, 5.74) is 3.05. The van der Waals surface area contributed by atoms with Crippen LogP contribution < -0.4 is 5.56 Å². The zero-order valence-corrected chi connectivity index (χ0v) is 19.3. The molecule has 1 aromatic heterocycles. The lowest BCUT2D eigenvalue weighted by Gasteiger charge is -2.39. The van der Waals surface area contributed by atoms with Gasteiger partial charge in [-0.05, 0) is 81.3 Å². The number of piperidine rings is 1. The Morgan fingerprint density at radius 2 is 1.69 bits per heavy atom. The first-order valence-electron chi connectivity index (χ1n) is 12.0. The number of unbranched alkanes of at least 4 members (excludes halogenated alkanes) is 2. The highest BCUT2D eigenvalue weighted by Gasteiger charge is 2.23. The van der Waals surface area contributed by atoms with Crippen molar-refractivity contribution in [3.63, 3.8) is 0 Å². The minimum atomic E-state index is 0.0251. The molecule has 4 nitrogen and oxygen atoms in total. The monoisotopic (exact) mass is 427 g/mol. The van der Waals surface area contributed by atoms with Crippen LogP contribution in [0.1, 0.15) is 57.9 Å². The van der Waals surface area contributed by atoms with Crippen molar-refractivity contribution in [3.05, 3.63) is 70.5 Å². The van der Waals surface area contributed by atoms with Crippen molar-refractivity contribution in [1.29, 1.82) is 5.26 Å². The van der Waals surface area contributed by atoms with Gasteiger partial charge in [0.15, 0.2) is 0 Å². The molecule has 0 unspecified atom stereocenters. The molecule has 3 aromatic rings. The van der Waals surface area contributed by atoms with Gasteiger partial charge in [0.2, 0.25) is 0 Å². The van der Waals surface area contributed by atoms with Gasteiger partial charge in [-0.3, -0.25) is 9.69 Å². The number of para-hydroxylation sites is 1. The van der Waals surface area contributed by atoms with E-state index in [4.69, 9.17) is 0 Å². The highest BCUT2D eigenvalue weighted by atomic mass is 16.1. The van der Waals surface area contributed by atoms with Gasteiger partial charge in [0, 0.05) is 24.2 Å². The standard InChI is InChI=1S/C28H33N3O/c1-21-10-8-11-22(2)30(21)16-6-3-7-17-31-27-15-5-4-13-25(27)19-26(28(31)32)24-14-9-12-23(18-24)20-29/h4-5,9,12-15,18-19,21-22H,3,6-8,10-11,16-17H2,1-2H3/t21-,22+. The second-order valence-corrected chi connectivity index (χ2v) is 9.19. The van der Waals surface area contributed by atoms with Gasteiger partial charge in [-0.15, -0.1) is 0 Å². The maximum Gasteiger partial charge on any atom is 0.258 e. The summed E-state index contributed by atoms with van der Waals surface area (Å²) in [6, 6.07) is 20.9. The third kappa shape index (κ3) is 4.79. The Labute approximate surface area is 191 Å². The number of aromatic nitrogens is 1. The molecule has 0 aliphatic carbocycles. The number of hydrogen-bond acceptors (Lipinski definition) is 3. The Kier molecular flexibility index (Phi) is 7.07. The van der Waals surface area contributed by atoms with Crippen LogP contribution in [0.4, 0.5) is 0 Å². The second kappa shape index (κ2) is 10.1. The van der Waals surface area contributed by atoms with E-state index in [0.29, 0.717) is 23.2 Å². The lowest BCUT2D eigenvalue weighted by Crippen LogP contribution is -2.44. The van der Waals surface area contributed by atoms with Crippen molar-refractivity contribution in [2.24, 2.45) is 0 Å². The molecule has 1 aliphatic rings. The van der Waals surface area contributed by atoms with E-state index in [2.05, 4.69) is 30.9 Å². The summed E-state index contributed by atoms with van der Waals surface area (Å²) < 4.78 is 1.93. The third-order valence-electron chi connectivity index (χ3n) is 6.98. The van der Waals surface area contributed by atoms with E-state index in [9.17, 15) is 10.1 Å². The average Bonchev–Trinajstić information content (AvgIpc) is 2.81. The minimum absolute atomic E-state index is 0.0251. The normalized spacial score (nSPS) is 19.2. The summed E-state index contributed by atoms with van der Waals surface area (Å²) >= 11 is 0. The molecule has 0 spiro atoms. The Morgan fingerprint density at radius 1 is 0.938 bits per heavy atom. The number of rotatable bonds is 7. The number of nitriles is 1. The van der Waals surface area contributed by atoms with E-state index in [-0.39, 0.29) is 5.56 Å². The Morgan fingerprint density at radius 3 is 2.47 bits per heavy atom.